The van der Waals surface area contributed by atoms with Gasteiger partial charge in [-0.2, -0.15) is 0 Å². The number of carbonyl (C=O) groups excluding carboxylic acids is 1. The lowest BCUT2D eigenvalue weighted by molar-refractivity contribution is -0.134. The Kier molecular flexibility index (Phi) is 7.10. The molecule has 0 radical (unpaired) electrons. The number of nitrogens with one attached hydrogen (secondary N) is 1. The highest BCUT2D eigenvalue weighted by atomic mass is 32.2. The first-order chi connectivity index (χ1) is 15.2. The van der Waals surface area contributed by atoms with Gasteiger partial charge in [0.05, 0.1) is 13.2 Å². The number of morpholine rings is 1. The van der Waals surface area contributed by atoms with E-state index in [1.807, 2.05) is 12.3 Å². The van der Waals surface area contributed by atoms with Crippen LogP contribution in [0.3, 0.4) is 0 Å². The van der Waals surface area contributed by atoms with Crippen LogP contribution in [0.25, 0.3) is 0 Å². The van der Waals surface area contributed by atoms with Crippen molar-refractivity contribution < 1.29 is 14.6 Å². The summed E-state index contributed by atoms with van der Waals surface area (Å²) in [6.07, 6.45) is 1.96. The number of anilines is 4. The summed E-state index contributed by atoms with van der Waals surface area (Å²) in [5.41, 5.74) is 2.16. The molecule has 31 heavy (non-hydrogen) atoms. The summed E-state index contributed by atoms with van der Waals surface area (Å²) in [5.74, 6) is 1.35. The van der Waals surface area contributed by atoms with E-state index in [1.165, 1.54) is 17.4 Å². The van der Waals surface area contributed by atoms with Crippen LogP contribution in [-0.4, -0.2) is 91.2 Å². The molecule has 166 valence electrons. The molecule has 2 aromatic rings. The largest absolute Gasteiger partial charge is 0.387 e. The third kappa shape index (κ3) is 5.38. The fraction of sp³-hybridized carbons (Fsp3) is 0.476. The van der Waals surface area contributed by atoms with Crippen LogP contribution in [0.15, 0.2) is 35.5 Å². The molecule has 0 atom stereocenters. The predicted molar refractivity (Wildman–Crippen MR) is 122 cm³/mol. The van der Waals surface area contributed by atoms with Gasteiger partial charge < -0.3 is 29.9 Å². The van der Waals surface area contributed by atoms with E-state index in [1.54, 1.807) is 4.90 Å². The van der Waals surface area contributed by atoms with Gasteiger partial charge in [0.1, 0.15) is 18.2 Å². The summed E-state index contributed by atoms with van der Waals surface area (Å²) in [6, 6.07) is 10.3. The molecule has 9 nitrogen and oxygen atoms in total. The van der Waals surface area contributed by atoms with Crippen molar-refractivity contribution in [2.45, 2.75) is 5.16 Å². The molecule has 2 aliphatic rings. The van der Waals surface area contributed by atoms with E-state index in [0.29, 0.717) is 31.3 Å². The molecule has 2 aliphatic heterocycles. The van der Waals surface area contributed by atoms with Gasteiger partial charge >= 0.3 is 0 Å². The number of hydrogen-bond acceptors (Lipinski definition) is 9. The van der Waals surface area contributed by atoms with Gasteiger partial charge in [0, 0.05) is 56.7 Å². The molecule has 0 saturated carbocycles. The number of hydrogen-bond donors (Lipinski definition) is 2. The normalized spacial score (nSPS) is 17.0. The summed E-state index contributed by atoms with van der Waals surface area (Å²) in [4.78, 5) is 27.1. The van der Waals surface area contributed by atoms with Gasteiger partial charge in [0.2, 0.25) is 5.91 Å². The SMILES string of the molecule is CSc1nc(Nc2ccc(N3CCOCC3)cc2)cc(N2CCN(C(=O)CO)CC2)n1. The number of rotatable bonds is 6. The summed E-state index contributed by atoms with van der Waals surface area (Å²) in [5, 5.41) is 13.1. The molecule has 2 fully saturated rings. The Bertz CT molecular complexity index is 883. The van der Waals surface area contributed by atoms with Gasteiger partial charge in [0.15, 0.2) is 5.16 Å². The second-order valence-corrected chi connectivity index (χ2v) is 8.17. The molecule has 0 aliphatic carbocycles. The Morgan fingerprint density at radius 2 is 1.77 bits per heavy atom. The summed E-state index contributed by atoms with van der Waals surface area (Å²) in [6.45, 7) is 5.41. The van der Waals surface area contributed by atoms with Crippen LogP contribution >= 0.6 is 11.8 Å². The molecule has 3 heterocycles. The fourth-order valence-corrected chi connectivity index (χ4v) is 4.11. The maximum atomic E-state index is 11.7. The number of piperazine rings is 1. The van der Waals surface area contributed by atoms with Crippen LogP contribution in [0.2, 0.25) is 0 Å². The number of thioether (sulfide) groups is 1. The minimum Gasteiger partial charge on any atom is -0.387 e. The lowest BCUT2D eigenvalue weighted by atomic mass is 10.2. The average Bonchev–Trinajstić information content (AvgIpc) is 2.84. The summed E-state index contributed by atoms with van der Waals surface area (Å²) in [7, 11) is 0. The maximum absolute atomic E-state index is 11.7. The molecule has 0 spiro atoms. The number of amides is 1. The monoisotopic (exact) mass is 444 g/mol. The zero-order chi connectivity index (χ0) is 21.6. The number of benzene rings is 1. The standard InChI is InChI=1S/C21H28N6O3S/c1-31-21-23-18(14-19(24-21)26-6-8-27(9-7-26)20(29)15-28)22-16-2-4-17(5-3-16)25-10-12-30-13-11-25/h2-5,14,28H,6-13,15H2,1H3,(H,22,23,24). The molecule has 4 rings (SSSR count). The molecule has 0 bridgehead atoms. The third-order valence-corrected chi connectivity index (χ3v) is 6.03. The van der Waals surface area contributed by atoms with Gasteiger partial charge in [-0.25, -0.2) is 9.97 Å². The highest BCUT2D eigenvalue weighted by Gasteiger charge is 2.22. The van der Waals surface area contributed by atoms with Gasteiger partial charge in [-0.05, 0) is 30.5 Å². The third-order valence-electron chi connectivity index (χ3n) is 5.48. The number of carbonyl (C=O) groups is 1. The molecule has 1 amide bonds. The summed E-state index contributed by atoms with van der Waals surface area (Å²) >= 11 is 1.50. The molecule has 2 N–H and O–H groups in total. The van der Waals surface area contributed by atoms with Gasteiger partial charge in [-0.1, -0.05) is 11.8 Å². The zero-order valence-corrected chi connectivity index (χ0v) is 18.5. The number of aromatic nitrogens is 2. The van der Waals surface area contributed by atoms with Crippen molar-refractivity contribution >= 4 is 40.7 Å². The number of nitrogens with zero attached hydrogens (tertiary/aromatic N) is 5. The van der Waals surface area contributed by atoms with E-state index in [4.69, 9.17) is 9.84 Å². The quantitative estimate of drug-likeness (QED) is 0.507. The van der Waals surface area contributed by atoms with Crippen LogP contribution in [0.1, 0.15) is 0 Å². The van der Waals surface area contributed by atoms with E-state index < -0.39 is 6.61 Å². The van der Waals surface area contributed by atoms with Crippen molar-refractivity contribution in [3.63, 3.8) is 0 Å². The molecule has 2 saturated heterocycles. The van der Waals surface area contributed by atoms with Crippen LogP contribution < -0.4 is 15.1 Å². The molecule has 1 aromatic carbocycles. The Balaban J connectivity index is 1.44. The van der Waals surface area contributed by atoms with Crippen LogP contribution in [0, 0.1) is 0 Å². The molecule has 1 aromatic heterocycles. The Morgan fingerprint density at radius 3 is 2.42 bits per heavy atom. The maximum Gasteiger partial charge on any atom is 0.248 e. The van der Waals surface area contributed by atoms with Crippen molar-refractivity contribution in [3.05, 3.63) is 30.3 Å². The zero-order valence-electron chi connectivity index (χ0n) is 17.7. The van der Waals surface area contributed by atoms with E-state index in [9.17, 15) is 4.79 Å². The van der Waals surface area contributed by atoms with E-state index >= 15 is 0 Å². The minimum absolute atomic E-state index is 0.227. The van der Waals surface area contributed by atoms with E-state index in [2.05, 4.69) is 49.4 Å². The Morgan fingerprint density at radius 1 is 1.06 bits per heavy atom. The van der Waals surface area contributed by atoms with Crippen molar-refractivity contribution in [1.29, 1.82) is 0 Å². The number of ether oxygens (including phenoxy) is 1. The fourth-order valence-electron chi connectivity index (χ4n) is 3.74. The van der Waals surface area contributed by atoms with Crippen LogP contribution in [0.5, 0.6) is 0 Å². The van der Waals surface area contributed by atoms with Crippen LogP contribution in [-0.2, 0) is 9.53 Å². The van der Waals surface area contributed by atoms with Crippen LogP contribution in [0.4, 0.5) is 23.0 Å². The highest BCUT2D eigenvalue weighted by Crippen LogP contribution is 2.25. The Hall–Kier alpha value is -2.56. The van der Waals surface area contributed by atoms with Crippen molar-refractivity contribution in [1.82, 2.24) is 14.9 Å². The van der Waals surface area contributed by atoms with Crippen molar-refractivity contribution in [3.8, 4) is 0 Å². The van der Waals surface area contributed by atoms with E-state index in [-0.39, 0.29) is 5.91 Å². The minimum atomic E-state index is -0.442. The number of aliphatic hydroxyl groups excluding tert-OH is 1. The number of aliphatic hydroxyl groups is 1. The smallest absolute Gasteiger partial charge is 0.248 e. The van der Waals surface area contributed by atoms with Gasteiger partial charge in [-0.15, -0.1) is 0 Å². The molecule has 0 unspecified atom stereocenters. The van der Waals surface area contributed by atoms with E-state index in [0.717, 1.165) is 43.6 Å². The molecule has 10 heteroatoms. The van der Waals surface area contributed by atoms with Gasteiger partial charge in [-0.3, -0.25) is 4.79 Å². The van der Waals surface area contributed by atoms with Crippen molar-refractivity contribution in [2.24, 2.45) is 0 Å². The first-order valence-electron chi connectivity index (χ1n) is 10.4. The topological polar surface area (TPSA) is 94.1 Å². The summed E-state index contributed by atoms with van der Waals surface area (Å²) < 4.78 is 5.43. The lowest BCUT2D eigenvalue weighted by Crippen LogP contribution is -2.49. The Labute approximate surface area is 186 Å². The van der Waals surface area contributed by atoms with Gasteiger partial charge in [0.25, 0.3) is 0 Å². The molecular formula is C21H28N6O3S. The second-order valence-electron chi connectivity index (χ2n) is 7.40. The van der Waals surface area contributed by atoms with Crippen molar-refractivity contribution in [2.75, 3.05) is 80.5 Å². The first-order valence-corrected chi connectivity index (χ1v) is 11.6. The predicted octanol–water partition coefficient (Wildman–Crippen LogP) is 1.42. The highest BCUT2D eigenvalue weighted by molar-refractivity contribution is 7.98. The average molecular weight is 445 g/mol. The first kappa shape index (κ1) is 21.7. The lowest BCUT2D eigenvalue weighted by Gasteiger charge is -2.35. The molecular weight excluding hydrogens is 416 g/mol. The second kappa shape index (κ2) is 10.2.